The van der Waals surface area contributed by atoms with Crippen LogP contribution in [-0.4, -0.2) is 22.1 Å². The van der Waals surface area contributed by atoms with Crippen molar-refractivity contribution in [3.63, 3.8) is 0 Å². The lowest BCUT2D eigenvalue weighted by Gasteiger charge is -2.14. The summed E-state index contributed by atoms with van der Waals surface area (Å²) < 4.78 is 45.0. The number of nitrogens with zero attached hydrogens (tertiary/aromatic N) is 3. The van der Waals surface area contributed by atoms with Crippen molar-refractivity contribution in [2.24, 2.45) is 0 Å². The minimum Gasteiger partial charge on any atom is -0.495 e. The Morgan fingerprint density at radius 2 is 1.85 bits per heavy atom. The second-order valence-corrected chi connectivity index (χ2v) is 5.50. The average Bonchev–Trinajstić information content (AvgIpc) is 2.62. The fourth-order valence-corrected chi connectivity index (χ4v) is 2.32. The normalized spacial score (nSPS) is 11.3. The highest BCUT2D eigenvalue weighted by Crippen LogP contribution is 2.33. The molecule has 0 aliphatic heterocycles. The Morgan fingerprint density at radius 1 is 1.04 bits per heavy atom. The van der Waals surface area contributed by atoms with Crippen molar-refractivity contribution < 1.29 is 17.9 Å². The first-order valence-corrected chi connectivity index (χ1v) is 7.66. The molecule has 1 aromatic carbocycles. The van der Waals surface area contributed by atoms with E-state index in [0.717, 1.165) is 11.6 Å². The smallest absolute Gasteiger partial charge is 0.433 e. The molecule has 0 aliphatic carbocycles. The second kappa shape index (κ2) is 6.99. The van der Waals surface area contributed by atoms with Gasteiger partial charge in [-0.15, -0.1) is 0 Å². The molecule has 3 rings (SSSR count). The average molecular weight is 360 g/mol. The van der Waals surface area contributed by atoms with Crippen LogP contribution in [0.2, 0.25) is 0 Å². The Labute approximate surface area is 147 Å². The number of aryl methyl sites for hydroxylation is 1. The van der Waals surface area contributed by atoms with Gasteiger partial charge >= 0.3 is 6.18 Å². The van der Waals surface area contributed by atoms with Crippen LogP contribution in [0.25, 0.3) is 11.5 Å². The van der Waals surface area contributed by atoms with E-state index in [0.29, 0.717) is 11.4 Å². The molecule has 0 fully saturated rings. The minimum absolute atomic E-state index is 0.00289. The molecule has 0 saturated carbocycles. The molecule has 0 amide bonds. The lowest BCUT2D eigenvalue weighted by Crippen LogP contribution is -2.11. The predicted octanol–water partition coefficient (Wildman–Crippen LogP) is 4.62. The molecule has 1 N–H and O–H groups in total. The molecular formula is C18H15F3N4O. The molecular weight excluding hydrogens is 345 g/mol. The first kappa shape index (κ1) is 17.7. The largest absolute Gasteiger partial charge is 0.495 e. The summed E-state index contributed by atoms with van der Waals surface area (Å²) in [4.78, 5) is 11.8. The summed E-state index contributed by atoms with van der Waals surface area (Å²) in [6.45, 7) is 1.87. The Bertz CT molecular complexity index is 914. The van der Waals surface area contributed by atoms with E-state index < -0.39 is 11.9 Å². The predicted molar refractivity (Wildman–Crippen MR) is 91.3 cm³/mol. The van der Waals surface area contributed by atoms with Gasteiger partial charge in [-0.1, -0.05) is 12.1 Å². The number of rotatable bonds is 4. The van der Waals surface area contributed by atoms with Gasteiger partial charge in [-0.3, -0.25) is 4.98 Å². The highest BCUT2D eigenvalue weighted by molar-refractivity contribution is 5.66. The van der Waals surface area contributed by atoms with Gasteiger partial charge in [0.1, 0.15) is 17.3 Å². The van der Waals surface area contributed by atoms with Crippen LogP contribution in [0.3, 0.4) is 0 Å². The highest BCUT2D eigenvalue weighted by Gasteiger charge is 2.34. The van der Waals surface area contributed by atoms with Crippen molar-refractivity contribution in [3.05, 3.63) is 59.9 Å². The van der Waals surface area contributed by atoms with Crippen molar-refractivity contribution in [1.82, 2.24) is 15.0 Å². The van der Waals surface area contributed by atoms with E-state index in [1.54, 1.807) is 30.3 Å². The van der Waals surface area contributed by atoms with Crippen molar-refractivity contribution in [2.45, 2.75) is 13.1 Å². The molecule has 0 saturated heterocycles. The topological polar surface area (TPSA) is 59.9 Å². The number of aromatic nitrogens is 3. The van der Waals surface area contributed by atoms with Crippen molar-refractivity contribution >= 4 is 11.5 Å². The zero-order chi connectivity index (χ0) is 18.7. The molecule has 0 radical (unpaired) electrons. The van der Waals surface area contributed by atoms with Crippen LogP contribution < -0.4 is 10.1 Å². The second-order valence-electron chi connectivity index (χ2n) is 5.50. The van der Waals surface area contributed by atoms with Crippen LogP contribution >= 0.6 is 0 Å². The number of anilines is 2. The van der Waals surface area contributed by atoms with Crippen LogP contribution in [0.4, 0.5) is 24.7 Å². The molecule has 8 heteroatoms. The minimum atomic E-state index is -4.61. The van der Waals surface area contributed by atoms with Crippen molar-refractivity contribution in [1.29, 1.82) is 0 Å². The zero-order valence-electron chi connectivity index (χ0n) is 14.0. The van der Waals surface area contributed by atoms with E-state index >= 15 is 0 Å². The van der Waals surface area contributed by atoms with Gasteiger partial charge in [-0.25, -0.2) is 9.97 Å². The number of alkyl halides is 3. The van der Waals surface area contributed by atoms with Gasteiger partial charge < -0.3 is 10.1 Å². The van der Waals surface area contributed by atoms with Gasteiger partial charge in [0.25, 0.3) is 0 Å². The van der Waals surface area contributed by atoms with Crippen LogP contribution in [0, 0.1) is 6.92 Å². The van der Waals surface area contributed by atoms with E-state index in [1.165, 1.54) is 13.3 Å². The van der Waals surface area contributed by atoms with Crippen LogP contribution in [0.15, 0.2) is 48.7 Å². The molecule has 2 heterocycles. The summed E-state index contributed by atoms with van der Waals surface area (Å²) in [6.07, 6.45) is -3.14. The monoisotopic (exact) mass is 360 g/mol. The maximum atomic E-state index is 13.2. The van der Waals surface area contributed by atoms with E-state index in [9.17, 15) is 13.2 Å². The fourth-order valence-electron chi connectivity index (χ4n) is 2.32. The number of methoxy groups -OCH3 is 1. The van der Waals surface area contributed by atoms with Crippen LogP contribution in [-0.2, 0) is 6.18 Å². The fraction of sp³-hybridized carbons (Fsp3) is 0.167. The summed E-state index contributed by atoms with van der Waals surface area (Å²) in [5.74, 6) is 0.369. The third-order valence-corrected chi connectivity index (χ3v) is 3.53. The van der Waals surface area contributed by atoms with Crippen molar-refractivity contribution in [3.8, 4) is 17.3 Å². The summed E-state index contributed by atoms with van der Waals surface area (Å²) in [5.41, 5.74) is 0.620. The third-order valence-electron chi connectivity index (χ3n) is 3.53. The Morgan fingerprint density at radius 3 is 2.50 bits per heavy atom. The number of nitrogens with one attached hydrogen (secondary N) is 1. The molecule has 26 heavy (non-hydrogen) atoms. The maximum Gasteiger partial charge on any atom is 0.433 e. The van der Waals surface area contributed by atoms with E-state index in [2.05, 4.69) is 20.3 Å². The van der Waals surface area contributed by atoms with Gasteiger partial charge in [0.05, 0.1) is 12.8 Å². The summed E-state index contributed by atoms with van der Waals surface area (Å²) in [6, 6.07) is 11.0. The van der Waals surface area contributed by atoms with E-state index in [1.807, 2.05) is 13.0 Å². The SMILES string of the molecule is COc1ccc(C)cc1Nc1cc(C(F)(F)F)nc(-c2ccccn2)n1. The summed E-state index contributed by atoms with van der Waals surface area (Å²) in [7, 11) is 1.48. The third kappa shape index (κ3) is 3.90. The number of pyridine rings is 1. The Hall–Kier alpha value is -3.16. The maximum absolute atomic E-state index is 13.2. The van der Waals surface area contributed by atoms with Crippen molar-refractivity contribution in [2.75, 3.05) is 12.4 Å². The first-order valence-electron chi connectivity index (χ1n) is 7.66. The molecule has 134 valence electrons. The van der Waals surface area contributed by atoms with Crippen LogP contribution in [0.5, 0.6) is 5.75 Å². The number of hydrogen-bond donors (Lipinski definition) is 1. The Kier molecular flexibility index (Phi) is 4.75. The van der Waals surface area contributed by atoms with Gasteiger partial charge in [-0.2, -0.15) is 13.2 Å². The first-order chi connectivity index (χ1) is 12.4. The molecule has 0 bridgehead atoms. The lowest BCUT2D eigenvalue weighted by atomic mass is 10.2. The standard InChI is InChI=1S/C18H15F3N4O/c1-11-6-7-14(26-2)13(9-11)23-16-10-15(18(19,20)21)24-17(25-16)12-5-3-4-8-22-12/h3-10H,1-2H3,(H,23,24,25). The summed E-state index contributed by atoms with van der Waals surface area (Å²) >= 11 is 0. The zero-order valence-corrected chi connectivity index (χ0v) is 14.0. The molecule has 0 aliphatic rings. The number of ether oxygens (including phenoxy) is 1. The number of halogens is 3. The quantitative estimate of drug-likeness (QED) is 0.736. The Balaban J connectivity index is 2.08. The van der Waals surface area contributed by atoms with E-state index in [4.69, 9.17) is 4.74 Å². The summed E-state index contributed by atoms with van der Waals surface area (Å²) in [5, 5.41) is 2.88. The van der Waals surface area contributed by atoms with E-state index in [-0.39, 0.29) is 17.3 Å². The highest BCUT2D eigenvalue weighted by atomic mass is 19.4. The number of benzene rings is 1. The number of hydrogen-bond acceptors (Lipinski definition) is 5. The van der Waals surface area contributed by atoms with Gasteiger partial charge in [0.2, 0.25) is 0 Å². The van der Waals surface area contributed by atoms with Gasteiger partial charge in [0, 0.05) is 12.3 Å². The molecule has 0 atom stereocenters. The molecule has 5 nitrogen and oxygen atoms in total. The molecule has 0 unspecified atom stereocenters. The molecule has 3 aromatic rings. The molecule has 2 aromatic heterocycles. The van der Waals surface area contributed by atoms with Crippen LogP contribution in [0.1, 0.15) is 11.3 Å². The molecule has 0 spiro atoms. The van der Waals surface area contributed by atoms with Gasteiger partial charge in [0.15, 0.2) is 11.5 Å². The lowest BCUT2D eigenvalue weighted by molar-refractivity contribution is -0.141. The van der Waals surface area contributed by atoms with Gasteiger partial charge in [-0.05, 0) is 36.8 Å².